The minimum absolute atomic E-state index is 0.189. The molecule has 0 N–H and O–H groups in total. The highest BCUT2D eigenvalue weighted by Crippen LogP contribution is 2.07. The van der Waals surface area contributed by atoms with E-state index < -0.39 is 0 Å². The van der Waals surface area contributed by atoms with Gasteiger partial charge in [-0.2, -0.15) is 0 Å². The van der Waals surface area contributed by atoms with Gasteiger partial charge in [0.2, 0.25) is 5.78 Å². The van der Waals surface area contributed by atoms with Crippen LogP contribution in [0.4, 0.5) is 0 Å². The maximum atomic E-state index is 11.6. The summed E-state index contributed by atoms with van der Waals surface area (Å²) >= 11 is 0. The molecule has 0 aliphatic carbocycles. The highest BCUT2D eigenvalue weighted by molar-refractivity contribution is 6.05. The average molecular weight is 176 g/mol. The normalized spacial score (nSPS) is 10.2. The van der Waals surface area contributed by atoms with Crippen LogP contribution in [0, 0.1) is 0 Å². The topological polar surface area (TPSA) is 48.0 Å². The lowest BCUT2D eigenvalue weighted by atomic mass is 10.2. The third kappa shape index (κ3) is 1.38. The van der Waals surface area contributed by atoms with Crippen LogP contribution in [0.1, 0.15) is 16.2 Å². The molecule has 0 unspecified atom stereocenters. The Labute approximate surface area is 74.8 Å². The van der Waals surface area contributed by atoms with Gasteiger partial charge in [0, 0.05) is 13.2 Å². The molecular weight excluding hydrogens is 168 g/mol. The molecule has 0 bridgehead atoms. The van der Waals surface area contributed by atoms with Gasteiger partial charge in [-0.15, -0.1) is 0 Å². The van der Waals surface area contributed by atoms with E-state index in [4.69, 9.17) is 4.42 Å². The summed E-state index contributed by atoms with van der Waals surface area (Å²) in [5.74, 6) is 0.129. The highest BCUT2D eigenvalue weighted by Gasteiger charge is 2.13. The van der Waals surface area contributed by atoms with Crippen LogP contribution in [-0.4, -0.2) is 15.3 Å². The molecule has 0 saturated heterocycles. The number of hydrogen-bond donors (Lipinski definition) is 0. The Bertz CT molecular complexity index is 415. The maximum absolute atomic E-state index is 11.6. The first-order chi connectivity index (χ1) is 6.27. The van der Waals surface area contributed by atoms with E-state index in [0.717, 1.165) is 0 Å². The second-order valence-electron chi connectivity index (χ2n) is 2.73. The van der Waals surface area contributed by atoms with Crippen molar-refractivity contribution >= 4 is 5.78 Å². The van der Waals surface area contributed by atoms with Gasteiger partial charge in [-0.1, -0.05) is 0 Å². The molecule has 2 heterocycles. The predicted molar refractivity (Wildman–Crippen MR) is 45.3 cm³/mol. The molecule has 0 saturated carbocycles. The van der Waals surface area contributed by atoms with Crippen molar-refractivity contribution in [3.63, 3.8) is 0 Å². The van der Waals surface area contributed by atoms with E-state index >= 15 is 0 Å². The van der Waals surface area contributed by atoms with Crippen molar-refractivity contribution in [3.8, 4) is 0 Å². The minimum Gasteiger partial charge on any atom is -0.461 e. The lowest BCUT2D eigenvalue weighted by Crippen LogP contribution is -1.99. The smallest absolute Gasteiger partial charge is 0.248 e. The first kappa shape index (κ1) is 7.79. The number of aromatic nitrogens is 2. The molecule has 0 atom stereocenters. The summed E-state index contributed by atoms with van der Waals surface area (Å²) in [7, 11) is 1.81. The van der Waals surface area contributed by atoms with E-state index in [9.17, 15) is 4.79 Å². The van der Waals surface area contributed by atoms with Gasteiger partial charge < -0.3 is 8.98 Å². The Hall–Kier alpha value is -1.84. The SMILES string of the molecule is Cn1cnc(C(=O)c2ccco2)c1. The van der Waals surface area contributed by atoms with Crippen LogP contribution in [0.25, 0.3) is 0 Å². The van der Waals surface area contributed by atoms with Crippen molar-refractivity contribution in [2.75, 3.05) is 0 Å². The average Bonchev–Trinajstić information content (AvgIpc) is 2.72. The summed E-state index contributed by atoms with van der Waals surface area (Å²) in [5.41, 5.74) is 0.400. The molecule has 0 radical (unpaired) electrons. The van der Waals surface area contributed by atoms with Crippen LogP contribution in [0.3, 0.4) is 0 Å². The molecule has 0 fully saturated rings. The number of hydrogen-bond acceptors (Lipinski definition) is 3. The fourth-order valence-corrected chi connectivity index (χ4v) is 1.06. The van der Waals surface area contributed by atoms with E-state index in [0.29, 0.717) is 11.5 Å². The summed E-state index contributed by atoms with van der Waals surface area (Å²) in [4.78, 5) is 15.5. The summed E-state index contributed by atoms with van der Waals surface area (Å²) in [6, 6.07) is 3.30. The third-order valence-electron chi connectivity index (χ3n) is 1.68. The highest BCUT2D eigenvalue weighted by atomic mass is 16.3. The zero-order chi connectivity index (χ0) is 9.26. The van der Waals surface area contributed by atoms with Gasteiger partial charge in [-0.25, -0.2) is 4.98 Å². The molecule has 0 amide bonds. The Morgan fingerprint density at radius 2 is 2.46 bits per heavy atom. The van der Waals surface area contributed by atoms with Crippen LogP contribution in [-0.2, 0) is 7.05 Å². The monoisotopic (exact) mass is 176 g/mol. The zero-order valence-corrected chi connectivity index (χ0v) is 7.10. The number of carbonyl (C=O) groups is 1. The molecular formula is C9H8N2O2. The van der Waals surface area contributed by atoms with Crippen LogP contribution < -0.4 is 0 Å². The Morgan fingerprint density at radius 1 is 1.62 bits per heavy atom. The van der Waals surface area contributed by atoms with Crippen molar-refractivity contribution in [1.29, 1.82) is 0 Å². The number of imidazole rings is 1. The molecule has 2 rings (SSSR count). The zero-order valence-electron chi connectivity index (χ0n) is 7.10. The molecule has 0 aliphatic heterocycles. The van der Waals surface area contributed by atoms with Gasteiger partial charge in [0.05, 0.1) is 12.6 Å². The Morgan fingerprint density at radius 3 is 3.00 bits per heavy atom. The minimum atomic E-state index is -0.189. The van der Waals surface area contributed by atoms with Crippen molar-refractivity contribution < 1.29 is 9.21 Å². The molecule has 0 aromatic carbocycles. The number of carbonyl (C=O) groups excluding carboxylic acids is 1. The van der Waals surface area contributed by atoms with Crippen LogP contribution in [0.5, 0.6) is 0 Å². The molecule has 2 aromatic heterocycles. The molecule has 4 nitrogen and oxygen atoms in total. The maximum Gasteiger partial charge on any atom is 0.248 e. The number of furan rings is 1. The third-order valence-corrected chi connectivity index (χ3v) is 1.68. The summed E-state index contributed by atoms with van der Waals surface area (Å²) in [6.45, 7) is 0. The van der Waals surface area contributed by atoms with E-state index in [-0.39, 0.29) is 5.78 Å². The Balaban J connectivity index is 2.33. The first-order valence-corrected chi connectivity index (χ1v) is 3.83. The summed E-state index contributed by atoms with van der Waals surface area (Å²) in [5, 5.41) is 0. The van der Waals surface area contributed by atoms with Crippen LogP contribution in [0.2, 0.25) is 0 Å². The number of rotatable bonds is 2. The molecule has 0 spiro atoms. The molecule has 4 heteroatoms. The van der Waals surface area contributed by atoms with E-state index in [1.54, 1.807) is 29.2 Å². The largest absolute Gasteiger partial charge is 0.461 e. The molecule has 13 heavy (non-hydrogen) atoms. The van der Waals surface area contributed by atoms with Crippen LogP contribution >= 0.6 is 0 Å². The number of nitrogens with zero attached hydrogens (tertiary/aromatic N) is 2. The second-order valence-corrected chi connectivity index (χ2v) is 2.73. The van der Waals surface area contributed by atoms with Gasteiger partial charge in [0.15, 0.2) is 5.76 Å². The summed E-state index contributed by atoms with van der Waals surface area (Å²) in [6.07, 6.45) is 4.71. The van der Waals surface area contributed by atoms with Crippen molar-refractivity contribution in [3.05, 3.63) is 42.4 Å². The lowest BCUT2D eigenvalue weighted by Gasteiger charge is -1.89. The fraction of sp³-hybridized carbons (Fsp3) is 0.111. The van der Waals surface area contributed by atoms with E-state index in [1.807, 2.05) is 7.05 Å². The quantitative estimate of drug-likeness (QED) is 0.647. The first-order valence-electron chi connectivity index (χ1n) is 3.83. The number of ketones is 1. The lowest BCUT2D eigenvalue weighted by molar-refractivity contribution is 0.100. The predicted octanol–water partition coefficient (Wildman–Crippen LogP) is 1.24. The fourth-order valence-electron chi connectivity index (χ4n) is 1.06. The summed E-state index contributed by atoms with van der Waals surface area (Å²) < 4.78 is 6.68. The Kier molecular flexibility index (Phi) is 1.73. The molecule has 2 aromatic rings. The van der Waals surface area contributed by atoms with Gasteiger partial charge in [0.1, 0.15) is 5.69 Å². The van der Waals surface area contributed by atoms with Crippen LogP contribution in [0.15, 0.2) is 35.3 Å². The van der Waals surface area contributed by atoms with Crippen molar-refractivity contribution in [2.24, 2.45) is 7.05 Å². The van der Waals surface area contributed by atoms with Crippen molar-refractivity contribution in [2.45, 2.75) is 0 Å². The van der Waals surface area contributed by atoms with Gasteiger partial charge in [-0.3, -0.25) is 4.79 Å². The standard InChI is InChI=1S/C9H8N2O2/c1-11-5-7(10-6-11)9(12)8-3-2-4-13-8/h2-6H,1H3. The number of aryl methyl sites for hydroxylation is 1. The van der Waals surface area contributed by atoms with Crippen molar-refractivity contribution in [1.82, 2.24) is 9.55 Å². The second kappa shape index (κ2) is 2.90. The van der Waals surface area contributed by atoms with Gasteiger partial charge in [0.25, 0.3) is 0 Å². The van der Waals surface area contributed by atoms with E-state index in [2.05, 4.69) is 4.98 Å². The van der Waals surface area contributed by atoms with Gasteiger partial charge >= 0.3 is 0 Å². The van der Waals surface area contributed by atoms with Gasteiger partial charge in [-0.05, 0) is 12.1 Å². The molecule has 0 aliphatic rings. The molecule has 66 valence electrons. The van der Waals surface area contributed by atoms with E-state index in [1.165, 1.54) is 6.26 Å².